The van der Waals surface area contributed by atoms with Crippen molar-refractivity contribution in [3.63, 3.8) is 0 Å². The van der Waals surface area contributed by atoms with Gasteiger partial charge in [0, 0.05) is 11.6 Å². The van der Waals surface area contributed by atoms with E-state index in [0.717, 1.165) is 12.1 Å². The topological polar surface area (TPSA) is 33.0 Å². The summed E-state index contributed by atoms with van der Waals surface area (Å²) >= 11 is 0. The molecule has 2 rings (SSSR count). The Balaban J connectivity index is 2.55. The number of fused-ring (bicyclic) bond motifs is 1. The maximum absolute atomic E-state index is 12.8. The van der Waals surface area contributed by atoms with Crippen LogP contribution in [0.5, 0.6) is 5.75 Å². The Hall–Kier alpha value is -1.89. The summed E-state index contributed by atoms with van der Waals surface area (Å²) in [5.74, 6) is -1.62. The van der Waals surface area contributed by atoms with Gasteiger partial charge in [-0.05, 0) is 12.1 Å². The molecule has 0 aromatic heterocycles. The summed E-state index contributed by atoms with van der Waals surface area (Å²) in [4.78, 5) is 0. The lowest BCUT2D eigenvalue weighted by Crippen LogP contribution is -2.06. The smallest absolute Gasteiger partial charge is 0.162 e. The van der Waals surface area contributed by atoms with E-state index in [1.807, 2.05) is 6.07 Å². The van der Waals surface area contributed by atoms with Crippen LogP contribution in [0.2, 0.25) is 0 Å². The van der Waals surface area contributed by atoms with Crippen LogP contribution in [0, 0.1) is 23.0 Å². The van der Waals surface area contributed by atoms with Gasteiger partial charge in [0.05, 0.1) is 11.6 Å². The highest BCUT2D eigenvalue weighted by atomic mass is 19.2. The van der Waals surface area contributed by atoms with E-state index >= 15 is 0 Å². The SMILES string of the molecule is N#CC1=Cc2cc(F)c(F)cc2OC1. The van der Waals surface area contributed by atoms with Crippen LogP contribution in [0.4, 0.5) is 8.78 Å². The maximum Gasteiger partial charge on any atom is 0.162 e. The van der Waals surface area contributed by atoms with Crippen LogP contribution in [0.3, 0.4) is 0 Å². The number of nitriles is 1. The van der Waals surface area contributed by atoms with E-state index in [2.05, 4.69) is 0 Å². The Morgan fingerprint density at radius 3 is 2.71 bits per heavy atom. The number of rotatable bonds is 0. The zero-order valence-corrected chi connectivity index (χ0v) is 7.05. The second-order valence-corrected chi connectivity index (χ2v) is 2.87. The van der Waals surface area contributed by atoms with Gasteiger partial charge in [-0.25, -0.2) is 8.78 Å². The van der Waals surface area contributed by atoms with Gasteiger partial charge < -0.3 is 4.74 Å². The van der Waals surface area contributed by atoms with Crippen molar-refractivity contribution < 1.29 is 13.5 Å². The predicted molar refractivity (Wildman–Crippen MR) is 45.4 cm³/mol. The lowest BCUT2D eigenvalue weighted by molar-refractivity contribution is 0.347. The molecule has 0 saturated carbocycles. The van der Waals surface area contributed by atoms with Crippen LogP contribution in [-0.2, 0) is 0 Å². The van der Waals surface area contributed by atoms with Crippen LogP contribution in [-0.4, -0.2) is 6.61 Å². The van der Waals surface area contributed by atoms with Crippen LogP contribution in [0.25, 0.3) is 6.08 Å². The van der Waals surface area contributed by atoms with Gasteiger partial charge in [-0.2, -0.15) is 5.26 Å². The molecule has 0 unspecified atom stereocenters. The van der Waals surface area contributed by atoms with Crippen molar-refractivity contribution in [1.82, 2.24) is 0 Å². The minimum atomic E-state index is -0.947. The predicted octanol–water partition coefficient (Wildman–Crippen LogP) is 2.26. The third kappa shape index (κ3) is 1.33. The zero-order valence-electron chi connectivity index (χ0n) is 7.05. The molecule has 70 valence electrons. The van der Waals surface area contributed by atoms with Crippen LogP contribution < -0.4 is 4.74 Å². The molecule has 0 amide bonds. The minimum absolute atomic E-state index is 0.106. The molecule has 0 aliphatic carbocycles. The molecular formula is C10H5F2NO. The van der Waals surface area contributed by atoms with E-state index in [9.17, 15) is 8.78 Å². The van der Waals surface area contributed by atoms with Crippen molar-refractivity contribution in [3.05, 3.63) is 34.9 Å². The summed E-state index contributed by atoms with van der Waals surface area (Å²) in [6.45, 7) is 0.106. The van der Waals surface area contributed by atoms with E-state index in [-0.39, 0.29) is 12.4 Å². The molecule has 0 spiro atoms. The highest BCUT2D eigenvalue weighted by molar-refractivity contribution is 5.65. The first-order valence-electron chi connectivity index (χ1n) is 3.93. The molecule has 0 saturated heterocycles. The fourth-order valence-corrected chi connectivity index (χ4v) is 1.23. The molecule has 0 fully saturated rings. The van der Waals surface area contributed by atoms with Crippen molar-refractivity contribution in [3.8, 4) is 11.8 Å². The lowest BCUT2D eigenvalue weighted by atomic mass is 10.1. The molecule has 1 heterocycles. The van der Waals surface area contributed by atoms with Crippen LogP contribution in [0.15, 0.2) is 17.7 Å². The number of hydrogen-bond donors (Lipinski definition) is 0. The fourth-order valence-electron chi connectivity index (χ4n) is 1.23. The van der Waals surface area contributed by atoms with Crippen LogP contribution in [0.1, 0.15) is 5.56 Å². The average molecular weight is 193 g/mol. The zero-order chi connectivity index (χ0) is 10.1. The molecule has 1 aliphatic rings. The van der Waals surface area contributed by atoms with Crippen LogP contribution >= 0.6 is 0 Å². The molecule has 1 aromatic rings. The monoisotopic (exact) mass is 193 g/mol. The van der Waals surface area contributed by atoms with Gasteiger partial charge in [0.2, 0.25) is 0 Å². The molecule has 2 nitrogen and oxygen atoms in total. The molecule has 1 aromatic carbocycles. The maximum atomic E-state index is 12.8. The van der Waals surface area contributed by atoms with E-state index in [1.165, 1.54) is 6.08 Å². The standard InChI is InChI=1S/C10H5F2NO/c11-8-2-7-1-6(4-13)5-14-10(7)3-9(8)12/h1-3H,5H2. The highest BCUT2D eigenvalue weighted by Crippen LogP contribution is 2.28. The highest BCUT2D eigenvalue weighted by Gasteiger charge is 2.14. The van der Waals surface area contributed by atoms with E-state index in [0.29, 0.717) is 11.1 Å². The molecule has 0 radical (unpaired) electrons. The van der Waals surface area contributed by atoms with Crippen molar-refractivity contribution in [2.75, 3.05) is 6.61 Å². The second kappa shape index (κ2) is 3.11. The number of nitrogens with zero attached hydrogens (tertiary/aromatic N) is 1. The summed E-state index contributed by atoms with van der Waals surface area (Å²) in [5, 5.41) is 8.57. The first-order valence-corrected chi connectivity index (χ1v) is 3.93. The van der Waals surface area contributed by atoms with E-state index in [1.54, 1.807) is 0 Å². The second-order valence-electron chi connectivity index (χ2n) is 2.87. The molecule has 14 heavy (non-hydrogen) atoms. The quantitative estimate of drug-likeness (QED) is 0.633. The van der Waals surface area contributed by atoms with Gasteiger partial charge in [-0.3, -0.25) is 0 Å². The van der Waals surface area contributed by atoms with Gasteiger partial charge in [-0.15, -0.1) is 0 Å². The number of hydrogen-bond acceptors (Lipinski definition) is 2. The fraction of sp³-hybridized carbons (Fsp3) is 0.100. The van der Waals surface area contributed by atoms with Crippen molar-refractivity contribution >= 4 is 6.08 Å². The van der Waals surface area contributed by atoms with Crippen molar-refractivity contribution in [1.29, 1.82) is 5.26 Å². The third-order valence-corrected chi connectivity index (χ3v) is 1.91. The largest absolute Gasteiger partial charge is 0.487 e. The summed E-state index contributed by atoms with van der Waals surface area (Å²) in [5.41, 5.74) is 0.787. The Morgan fingerprint density at radius 2 is 2.00 bits per heavy atom. The third-order valence-electron chi connectivity index (χ3n) is 1.91. The molecule has 0 N–H and O–H groups in total. The van der Waals surface area contributed by atoms with E-state index < -0.39 is 11.6 Å². The summed E-state index contributed by atoms with van der Waals surface area (Å²) in [6.07, 6.45) is 1.49. The van der Waals surface area contributed by atoms with Crippen molar-refractivity contribution in [2.45, 2.75) is 0 Å². The van der Waals surface area contributed by atoms with Gasteiger partial charge in [0.15, 0.2) is 11.6 Å². The van der Waals surface area contributed by atoms with Gasteiger partial charge >= 0.3 is 0 Å². The molecular weight excluding hydrogens is 188 g/mol. The number of ether oxygens (including phenoxy) is 1. The van der Waals surface area contributed by atoms with E-state index in [4.69, 9.17) is 10.00 Å². The Morgan fingerprint density at radius 1 is 1.29 bits per heavy atom. The van der Waals surface area contributed by atoms with Gasteiger partial charge in [0.1, 0.15) is 12.4 Å². The Labute approximate surface area is 79.0 Å². The molecule has 4 heteroatoms. The molecule has 0 bridgehead atoms. The number of halogens is 2. The average Bonchev–Trinajstić information content (AvgIpc) is 2.19. The summed E-state index contributed by atoms with van der Waals surface area (Å²) in [6, 6.07) is 3.90. The molecule has 1 aliphatic heterocycles. The minimum Gasteiger partial charge on any atom is -0.487 e. The first kappa shape index (κ1) is 8.70. The lowest BCUT2D eigenvalue weighted by Gasteiger charge is -2.14. The number of benzene rings is 1. The van der Waals surface area contributed by atoms with Crippen molar-refractivity contribution in [2.24, 2.45) is 0 Å². The normalized spacial score (nSPS) is 13.6. The van der Waals surface area contributed by atoms with Gasteiger partial charge in [0.25, 0.3) is 0 Å². The molecule has 0 atom stereocenters. The summed E-state index contributed by atoms with van der Waals surface area (Å²) < 4.78 is 30.6. The first-order chi connectivity index (χ1) is 6.70. The Kier molecular flexibility index (Phi) is 1.93. The van der Waals surface area contributed by atoms with Gasteiger partial charge in [-0.1, -0.05) is 0 Å². The summed E-state index contributed by atoms with van der Waals surface area (Å²) in [7, 11) is 0. The Bertz CT molecular complexity index is 460.